The second-order valence-corrected chi connectivity index (χ2v) is 4.95. The number of nitrogens with zero attached hydrogens (tertiary/aromatic N) is 4. The zero-order valence-corrected chi connectivity index (χ0v) is 13.3. The van der Waals surface area contributed by atoms with Crippen molar-refractivity contribution in [3.8, 4) is 5.75 Å². The van der Waals surface area contributed by atoms with E-state index in [0.717, 1.165) is 41.4 Å². The predicted molar refractivity (Wildman–Crippen MR) is 81.4 cm³/mol. The van der Waals surface area contributed by atoms with Crippen molar-refractivity contribution < 1.29 is 4.74 Å². The fourth-order valence-corrected chi connectivity index (χ4v) is 2.53. The van der Waals surface area contributed by atoms with Crippen LogP contribution >= 0.6 is 0 Å². The van der Waals surface area contributed by atoms with Crippen LogP contribution in [0.2, 0.25) is 0 Å². The van der Waals surface area contributed by atoms with Crippen LogP contribution in [0.1, 0.15) is 42.5 Å². The average Bonchev–Trinajstić information content (AvgIpc) is 2.85. The summed E-state index contributed by atoms with van der Waals surface area (Å²) >= 11 is 0. The minimum absolute atomic E-state index is 0.0124. The summed E-state index contributed by atoms with van der Waals surface area (Å²) in [5, 5.41) is 16.3. The van der Waals surface area contributed by atoms with Gasteiger partial charge in [0, 0.05) is 12.6 Å². The maximum absolute atomic E-state index is 5.46. The minimum Gasteiger partial charge on any atom is -0.493 e. The lowest BCUT2D eigenvalue weighted by Gasteiger charge is -2.22. The van der Waals surface area contributed by atoms with E-state index in [4.69, 9.17) is 4.74 Å². The molecule has 1 N–H and O–H groups in total. The Morgan fingerprint density at radius 1 is 1.33 bits per heavy atom. The highest BCUT2D eigenvalue weighted by Crippen LogP contribution is 2.31. The molecule has 2 aromatic rings. The van der Waals surface area contributed by atoms with Crippen LogP contribution in [0.25, 0.3) is 0 Å². The molecule has 0 aliphatic rings. The van der Waals surface area contributed by atoms with Gasteiger partial charge >= 0.3 is 0 Å². The first kappa shape index (κ1) is 15.4. The summed E-state index contributed by atoms with van der Waals surface area (Å²) < 4.78 is 7.31. The molecule has 0 aliphatic heterocycles. The number of aromatic nitrogens is 4. The van der Waals surface area contributed by atoms with Crippen molar-refractivity contribution >= 4 is 0 Å². The molecule has 6 heteroatoms. The molecular weight excluding hydrogens is 266 g/mol. The van der Waals surface area contributed by atoms with Gasteiger partial charge in [-0.2, -0.15) is 15.3 Å². The Morgan fingerprint density at radius 3 is 2.71 bits per heavy atom. The van der Waals surface area contributed by atoms with Gasteiger partial charge in [-0.15, -0.1) is 0 Å². The van der Waals surface area contributed by atoms with Crippen molar-refractivity contribution in [2.24, 2.45) is 7.05 Å². The van der Waals surface area contributed by atoms with E-state index in [1.165, 1.54) is 0 Å². The van der Waals surface area contributed by atoms with Gasteiger partial charge in [-0.25, -0.2) is 0 Å². The molecule has 0 radical (unpaired) electrons. The van der Waals surface area contributed by atoms with Crippen molar-refractivity contribution in [3.05, 3.63) is 34.9 Å². The molecule has 0 fully saturated rings. The second-order valence-electron chi connectivity index (χ2n) is 4.95. The monoisotopic (exact) mass is 289 g/mol. The summed E-state index contributed by atoms with van der Waals surface area (Å²) in [6, 6.07) is 2.08. The van der Waals surface area contributed by atoms with Crippen molar-refractivity contribution in [2.75, 3.05) is 13.7 Å². The molecule has 2 rings (SSSR count). The number of nitrogens with one attached hydrogen (secondary N) is 1. The van der Waals surface area contributed by atoms with Crippen LogP contribution in [-0.2, 0) is 13.5 Å². The highest BCUT2D eigenvalue weighted by molar-refractivity contribution is 5.38. The summed E-state index contributed by atoms with van der Waals surface area (Å²) in [7, 11) is 3.59. The summed E-state index contributed by atoms with van der Waals surface area (Å²) in [4.78, 5) is 0. The molecule has 1 unspecified atom stereocenters. The second kappa shape index (κ2) is 6.67. The Kier molecular flexibility index (Phi) is 4.90. The topological polar surface area (TPSA) is 64.9 Å². The minimum atomic E-state index is -0.0124. The van der Waals surface area contributed by atoms with Crippen LogP contribution in [-0.4, -0.2) is 33.6 Å². The van der Waals surface area contributed by atoms with Crippen molar-refractivity contribution in [1.82, 2.24) is 25.3 Å². The first-order chi connectivity index (χ1) is 10.1. The van der Waals surface area contributed by atoms with E-state index in [2.05, 4.69) is 40.5 Å². The number of ether oxygens (including phenoxy) is 1. The molecule has 2 aromatic heterocycles. The fourth-order valence-electron chi connectivity index (χ4n) is 2.53. The van der Waals surface area contributed by atoms with E-state index < -0.39 is 0 Å². The highest BCUT2D eigenvalue weighted by atomic mass is 16.5. The van der Waals surface area contributed by atoms with Gasteiger partial charge in [-0.3, -0.25) is 4.68 Å². The van der Waals surface area contributed by atoms with Crippen molar-refractivity contribution in [3.63, 3.8) is 0 Å². The first-order valence-electron chi connectivity index (χ1n) is 7.24. The number of rotatable bonds is 6. The van der Waals surface area contributed by atoms with Gasteiger partial charge in [0.2, 0.25) is 0 Å². The average molecular weight is 289 g/mol. The lowest BCUT2D eigenvalue weighted by atomic mass is 9.99. The Morgan fingerprint density at radius 2 is 2.10 bits per heavy atom. The van der Waals surface area contributed by atoms with Crippen molar-refractivity contribution in [2.45, 2.75) is 33.2 Å². The summed E-state index contributed by atoms with van der Waals surface area (Å²) in [5.41, 5.74) is 4.04. The maximum atomic E-state index is 5.46. The SMILES string of the molecule is CCNC(c1cc(C)nnc1CC)c1c(OC)cnn1C. The molecule has 0 spiro atoms. The smallest absolute Gasteiger partial charge is 0.161 e. The maximum Gasteiger partial charge on any atom is 0.161 e. The zero-order chi connectivity index (χ0) is 15.4. The molecule has 0 aromatic carbocycles. The molecular formula is C15H23N5O. The van der Waals surface area contributed by atoms with Gasteiger partial charge in [-0.05, 0) is 26.0 Å². The zero-order valence-electron chi connectivity index (χ0n) is 13.3. The number of hydrogen-bond donors (Lipinski definition) is 1. The van der Waals surface area contributed by atoms with E-state index in [9.17, 15) is 0 Å². The van der Waals surface area contributed by atoms with Crippen LogP contribution < -0.4 is 10.1 Å². The molecule has 114 valence electrons. The molecule has 0 bridgehead atoms. The number of hydrogen-bond acceptors (Lipinski definition) is 5. The standard InChI is InChI=1S/C15H23N5O/c1-6-12-11(8-10(3)18-19-12)14(16-7-2)15-13(21-5)9-17-20(15)4/h8-9,14,16H,6-7H2,1-5H3. The van der Waals surface area contributed by atoms with Gasteiger partial charge in [0.15, 0.2) is 5.75 Å². The fraction of sp³-hybridized carbons (Fsp3) is 0.533. The van der Waals surface area contributed by atoms with E-state index >= 15 is 0 Å². The van der Waals surface area contributed by atoms with Crippen LogP contribution in [0.3, 0.4) is 0 Å². The highest BCUT2D eigenvalue weighted by Gasteiger charge is 2.24. The first-order valence-corrected chi connectivity index (χ1v) is 7.24. The normalized spacial score (nSPS) is 12.4. The molecule has 6 nitrogen and oxygen atoms in total. The van der Waals surface area contributed by atoms with Gasteiger partial charge in [0.05, 0.1) is 30.7 Å². The predicted octanol–water partition coefficient (Wildman–Crippen LogP) is 1.79. The van der Waals surface area contributed by atoms with E-state index in [-0.39, 0.29) is 6.04 Å². The Hall–Kier alpha value is -1.95. The lowest BCUT2D eigenvalue weighted by molar-refractivity contribution is 0.401. The molecule has 0 aliphatic carbocycles. The quantitative estimate of drug-likeness (QED) is 0.878. The lowest BCUT2D eigenvalue weighted by Crippen LogP contribution is -2.26. The van der Waals surface area contributed by atoms with E-state index in [1.807, 2.05) is 18.7 Å². The third-order valence-corrected chi connectivity index (χ3v) is 3.52. The molecule has 21 heavy (non-hydrogen) atoms. The Labute approximate surface area is 125 Å². The van der Waals surface area contributed by atoms with E-state index in [0.29, 0.717) is 0 Å². The third-order valence-electron chi connectivity index (χ3n) is 3.52. The van der Waals surface area contributed by atoms with Crippen molar-refractivity contribution in [1.29, 1.82) is 0 Å². The third kappa shape index (κ3) is 3.05. The van der Waals surface area contributed by atoms with Crippen LogP contribution in [0, 0.1) is 6.92 Å². The van der Waals surface area contributed by atoms with Gasteiger partial charge in [0.25, 0.3) is 0 Å². The van der Waals surface area contributed by atoms with Gasteiger partial charge in [-0.1, -0.05) is 13.8 Å². The van der Waals surface area contributed by atoms with Crippen LogP contribution in [0.5, 0.6) is 5.75 Å². The largest absolute Gasteiger partial charge is 0.493 e. The van der Waals surface area contributed by atoms with Gasteiger partial charge < -0.3 is 10.1 Å². The summed E-state index contributed by atoms with van der Waals surface area (Å²) in [6.07, 6.45) is 2.58. The van der Waals surface area contributed by atoms with E-state index in [1.54, 1.807) is 13.3 Å². The summed E-state index contributed by atoms with van der Waals surface area (Å²) in [6.45, 7) is 6.97. The van der Waals surface area contributed by atoms with Crippen LogP contribution in [0.15, 0.2) is 12.3 Å². The molecule has 0 amide bonds. The number of methoxy groups -OCH3 is 1. The number of aryl methyl sites for hydroxylation is 3. The Bertz CT molecular complexity index is 608. The Balaban J connectivity index is 2.58. The van der Waals surface area contributed by atoms with Crippen LogP contribution in [0.4, 0.5) is 0 Å². The molecule has 0 saturated carbocycles. The summed E-state index contributed by atoms with van der Waals surface area (Å²) in [5.74, 6) is 0.778. The molecule has 0 saturated heterocycles. The molecule has 1 atom stereocenters. The van der Waals surface area contributed by atoms with Gasteiger partial charge in [0.1, 0.15) is 5.69 Å². The molecule has 2 heterocycles.